The first-order valence-corrected chi connectivity index (χ1v) is 9.68. The van der Waals surface area contributed by atoms with E-state index < -0.39 is 0 Å². The van der Waals surface area contributed by atoms with Crippen LogP contribution in [-0.4, -0.2) is 34.3 Å². The van der Waals surface area contributed by atoms with Crippen LogP contribution in [0.15, 0.2) is 39.4 Å². The number of aryl methyl sites for hydroxylation is 1. The Kier molecular flexibility index (Phi) is 5.06. The zero-order chi connectivity index (χ0) is 18.6. The molecule has 1 aromatic carbocycles. The van der Waals surface area contributed by atoms with Gasteiger partial charge in [0.05, 0.1) is 0 Å². The number of amides is 1. The van der Waals surface area contributed by atoms with Crippen LogP contribution in [0.5, 0.6) is 11.5 Å². The van der Waals surface area contributed by atoms with E-state index in [-0.39, 0.29) is 12.7 Å². The third-order valence-electron chi connectivity index (χ3n) is 4.33. The van der Waals surface area contributed by atoms with Gasteiger partial charge in [-0.1, -0.05) is 6.07 Å². The number of fused-ring (bicyclic) bond motifs is 1. The number of thiophene rings is 1. The van der Waals surface area contributed by atoms with Crippen molar-refractivity contribution < 1.29 is 18.7 Å². The predicted octanol–water partition coefficient (Wildman–Crippen LogP) is 3.51. The van der Waals surface area contributed by atoms with Crippen molar-refractivity contribution in [2.45, 2.75) is 26.3 Å². The van der Waals surface area contributed by atoms with E-state index in [9.17, 15) is 4.79 Å². The molecule has 4 rings (SSSR count). The van der Waals surface area contributed by atoms with Crippen molar-refractivity contribution in [1.29, 1.82) is 0 Å². The van der Waals surface area contributed by atoms with Gasteiger partial charge in [-0.15, -0.1) is 10.2 Å². The van der Waals surface area contributed by atoms with Gasteiger partial charge in [0.1, 0.15) is 0 Å². The molecule has 0 bridgehead atoms. The molecule has 8 heteroatoms. The van der Waals surface area contributed by atoms with E-state index in [0.29, 0.717) is 37.7 Å². The highest BCUT2D eigenvalue weighted by Gasteiger charge is 2.18. The van der Waals surface area contributed by atoms with Crippen LogP contribution in [0.25, 0.3) is 11.5 Å². The second-order valence-corrected chi connectivity index (χ2v) is 6.89. The minimum Gasteiger partial charge on any atom is -0.454 e. The third kappa shape index (κ3) is 3.95. The van der Waals surface area contributed by atoms with Crippen molar-refractivity contribution in [1.82, 2.24) is 15.1 Å². The zero-order valence-corrected chi connectivity index (χ0v) is 15.7. The molecule has 2 aromatic heterocycles. The van der Waals surface area contributed by atoms with Gasteiger partial charge in [-0.05, 0) is 36.1 Å². The number of carbonyl (C=O) groups is 1. The van der Waals surface area contributed by atoms with Crippen molar-refractivity contribution in [2.75, 3.05) is 13.3 Å². The maximum absolute atomic E-state index is 12.6. The fourth-order valence-electron chi connectivity index (χ4n) is 2.87. The van der Waals surface area contributed by atoms with Crippen LogP contribution < -0.4 is 9.47 Å². The molecule has 0 unspecified atom stereocenters. The summed E-state index contributed by atoms with van der Waals surface area (Å²) < 4.78 is 16.4. The van der Waals surface area contributed by atoms with Crippen molar-refractivity contribution in [2.24, 2.45) is 0 Å². The number of rotatable bonds is 7. The number of benzene rings is 1. The number of carbonyl (C=O) groups excluding carboxylic acids is 1. The van der Waals surface area contributed by atoms with E-state index in [1.807, 2.05) is 41.9 Å². The summed E-state index contributed by atoms with van der Waals surface area (Å²) in [5, 5.41) is 12.0. The Morgan fingerprint density at radius 2 is 2.11 bits per heavy atom. The monoisotopic (exact) mass is 385 g/mol. The summed E-state index contributed by atoms with van der Waals surface area (Å²) in [7, 11) is 0. The van der Waals surface area contributed by atoms with E-state index in [1.54, 1.807) is 16.2 Å². The Bertz CT molecular complexity index is 923. The molecule has 0 atom stereocenters. The lowest BCUT2D eigenvalue weighted by Gasteiger charge is -2.21. The lowest BCUT2D eigenvalue weighted by Crippen LogP contribution is -2.30. The van der Waals surface area contributed by atoms with Crippen LogP contribution in [0.1, 0.15) is 24.8 Å². The summed E-state index contributed by atoms with van der Waals surface area (Å²) in [6.45, 7) is 3.35. The maximum atomic E-state index is 12.6. The molecule has 1 aliphatic heterocycles. The molecule has 1 aliphatic rings. The fourth-order valence-corrected chi connectivity index (χ4v) is 3.50. The number of hydrogen-bond acceptors (Lipinski definition) is 7. The number of hydrogen-bond donors (Lipinski definition) is 0. The third-order valence-corrected chi connectivity index (χ3v) is 5.02. The van der Waals surface area contributed by atoms with Crippen LogP contribution in [-0.2, 0) is 17.8 Å². The van der Waals surface area contributed by atoms with E-state index in [2.05, 4.69) is 10.2 Å². The molecule has 0 fully saturated rings. The van der Waals surface area contributed by atoms with Gasteiger partial charge in [0, 0.05) is 36.9 Å². The van der Waals surface area contributed by atoms with Crippen LogP contribution >= 0.6 is 11.3 Å². The van der Waals surface area contributed by atoms with Crippen molar-refractivity contribution in [3.8, 4) is 23.0 Å². The number of aromatic nitrogens is 2. The fraction of sp³-hybridized carbons (Fsp3) is 0.316. The topological polar surface area (TPSA) is 77.7 Å². The minimum absolute atomic E-state index is 0.0467. The van der Waals surface area contributed by atoms with E-state index in [1.165, 1.54) is 0 Å². The van der Waals surface area contributed by atoms with Gasteiger partial charge >= 0.3 is 0 Å². The van der Waals surface area contributed by atoms with Crippen LogP contribution in [0, 0.1) is 0 Å². The molecule has 27 heavy (non-hydrogen) atoms. The van der Waals surface area contributed by atoms with Crippen LogP contribution in [0.3, 0.4) is 0 Å². The molecule has 7 nitrogen and oxygen atoms in total. The highest BCUT2D eigenvalue weighted by atomic mass is 32.1. The van der Waals surface area contributed by atoms with E-state index in [4.69, 9.17) is 13.9 Å². The average Bonchev–Trinajstić information content (AvgIpc) is 3.44. The summed E-state index contributed by atoms with van der Waals surface area (Å²) in [6, 6.07) is 7.68. The van der Waals surface area contributed by atoms with E-state index in [0.717, 1.165) is 22.6 Å². The summed E-state index contributed by atoms with van der Waals surface area (Å²) in [5.74, 6) is 2.48. The normalized spacial score (nSPS) is 12.3. The first-order valence-electron chi connectivity index (χ1n) is 8.74. The van der Waals surface area contributed by atoms with Crippen molar-refractivity contribution >= 4 is 17.2 Å². The molecule has 3 heterocycles. The highest BCUT2D eigenvalue weighted by molar-refractivity contribution is 7.08. The van der Waals surface area contributed by atoms with Gasteiger partial charge < -0.3 is 18.8 Å². The molecule has 0 saturated heterocycles. The highest BCUT2D eigenvalue weighted by Crippen LogP contribution is 2.32. The summed E-state index contributed by atoms with van der Waals surface area (Å²) >= 11 is 1.57. The Hall–Kier alpha value is -2.87. The Labute approximate surface area is 160 Å². The Morgan fingerprint density at radius 3 is 2.93 bits per heavy atom. The van der Waals surface area contributed by atoms with Gasteiger partial charge in [-0.3, -0.25) is 4.79 Å². The van der Waals surface area contributed by atoms with Crippen LogP contribution in [0.2, 0.25) is 0 Å². The molecule has 140 valence electrons. The van der Waals surface area contributed by atoms with Gasteiger partial charge in [0.25, 0.3) is 0 Å². The maximum Gasteiger partial charge on any atom is 0.248 e. The quantitative estimate of drug-likeness (QED) is 0.619. The van der Waals surface area contributed by atoms with Crippen molar-refractivity contribution in [3.63, 3.8) is 0 Å². The Morgan fingerprint density at radius 1 is 1.22 bits per heavy atom. The lowest BCUT2D eigenvalue weighted by atomic mass is 10.1. The summed E-state index contributed by atoms with van der Waals surface area (Å²) in [4.78, 5) is 14.4. The van der Waals surface area contributed by atoms with Crippen molar-refractivity contribution in [3.05, 3.63) is 46.5 Å². The SMILES string of the molecule is CCN(Cc1ccc2c(c1)OCO2)C(=O)CCc1nnc(-c2ccsc2)o1. The largest absolute Gasteiger partial charge is 0.454 e. The minimum atomic E-state index is 0.0467. The molecule has 0 N–H and O–H groups in total. The second-order valence-electron chi connectivity index (χ2n) is 6.11. The van der Waals surface area contributed by atoms with Gasteiger partial charge in [0.2, 0.25) is 24.5 Å². The average molecular weight is 385 g/mol. The second kappa shape index (κ2) is 7.79. The molecule has 0 aliphatic carbocycles. The standard InChI is InChI=1S/C19H19N3O4S/c1-2-22(10-13-3-4-15-16(9-13)25-12-24-15)18(23)6-5-17-20-21-19(26-17)14-7-8-27-11-14/h3-4,7-9,11H,2,5-6,10,12H2,1H3. The predicted molar refractivity (Wildman–Crippen MR) is 99.6 cm³/mol. The van der Waals surface area contributed by atoms with Gasteiger partial charge in [-0.2, -0.15) is 11.3 Å². The molecule has 1 amide bonds. The molecule has 0 saturated carbocycles. The summed E-state index contributed by atoms with van der Waals surface area (Å²) in [6.07, 6.45) is 0.747. The van der Waals surface area contributed by atoms with Crippen LogP contribution in [0.4, 0.5) is 0 Å². The zero-order valence-electron chi connectivity index (χ0n) is 14.9. The van der Waals surface area contributed by atoms with Gasteiger partial charge in [0.15, 0.2) is 11.5 Å². The first kappa shape index (κ1) is 17.5. The molecular formula is C19H19N3O4S. The molecule has 0 radical (unpaired) electrons. The van der Waals surface area contributed by atoms with E-state index >= 15 is 0 Å². The Balaban J connectivity index is 1.35. The summed E-state index contributed by atoms with van der Waals surface area (Å²) in [5.41, 5.74) is 1.91. The van der Waals surface area contributed by atoms with Gasteiger partial charge in [-0.25, -0.2) is 0 Å². The molecule has 0 spiro atoms. The number of nitrogens with zero attached hydrogens (tertiary/aromatic N) is 3. The molecular weight excluding hydrogens is 366 g/mol. The lowest BCUT2D eigenvalue weighted by molar-refractivity contribution is -0.131. The number of ether oxygens (including phenoxy) is 2. The molecule has 3 aromatic rings. The first-order chi connectivity index (χ1) is 13.2. The smallest absolute Gasteiger partial charge is 0.248 e.